The number of aromatic amines is 1. The summed E-state index contributed by atoms with van der Waals surface area (Å²) in [6.07, 6.45) is 1.65. The number of aromatic nitrogens is 4. The van der Waals surface area contributed by atoms with E-state index in [9.17, 15) is 9.59 Å². The quantitative estimate of drug-likeness (QED) is 0.549. The Kier molecular flexibility index (Phi) is 4.95. The molecule has 2 aromatic carbocycles. The molecule has 0 bridgehead atoms. The van der Waals surface area contributed by atoms with E-state index in [2.05, 4.69) is 20.4 Å². The summed E-state index contributed by atoms with van der Waals surface area (Å²) in [6.45, 7) is 4.35. The van der Waals surface area contributed by atoms with Gasteiger partial charge in [-0.15, -0.1) is 0 Å². The van der Waals surface area contributed by atoms with Crippen LogP contribution in [0.15, 0.2) is 70.4 Å². The predicted octanol–water partition coefficient (Wildman–Crippen LogP) is 3.01. The Bertz CT molecular complexity index is 1270. The number of rotatable bonds is 5. The normalized spacial score (nSPS) is 12.1. The first-order chi connectivity index (χ1) is 14.0. The Hall–Kier alpha value is -3.74. The Balaban J connectivity index is 1.63. The van der Waals surface area contributed by atoms with Crippen LogP contribution in [-0.2, 0) is 6.54 Å². The minimum absolute atomic E-state index is 0.216. The van der Waals surface area contributed by atoms with E-state index in [1.54, 1.807) is 19.2 Å². The second-order valence-corrected chi connectivity index (χ2v) is 7.02. The van der Waals surface area contributed by atoms with Gasteiger partial charge < -0.3 is 5.32 Å². The summed E-state index contributed by atoms with van der Waals surface area (Å²) >= 11 is 0. The van der Waals surface area contributed by atoms with Gasteiger partial charge in [-0.25, -0.2) is 9.67 Å². The lowest BCUT2D eigenvalue weighted by molar-refractivity contribution is 0.524. The van der Waals surface area contributed by atoms with Crippen molar-refractivity contribution in [2.75, 3.05) is 5.32 Å². The van der Waals surface area contributed by atoms with Gasteiger partial charge in [0.05, 0.1) is 23.3 Å². The van der Waals surface area contributed by atoms with Gasteiger partial charge in [-0.3, -0.25) is 14.6 Å². The second kappa shape index (κ2) is 7.71. The fraction of sp³-hybridized carbons (Fsp3) is 0.182. The van der Waals surface area contributed by atoms with E-state index in [1.165, 1.54) is 16.3 Å². The van der Waals surface area contributed by atoms with Crippen molar-refractivity contribution in [1.82, 2.24) is 19.7 Å². The molecule has 0 fully saturated rings. The molecule has 0 radical (unpaired) electrons. The SMILES string of the molecule is Cc1ccc(CNc2nc(C(C)n3ncc4ccccc4c3=O)cc(=O)[nH]2)cc1. The lowest BCUT2D eigenvalue weighted by Crippen LogP contribution is -2.28. The lowest BCUT2D eigenvalue weighted by Gasteiger charge is -2.15. The number of nitrogens with zero attached hydrogens (tertiary/aromatic N) is 3. The molecule has 0 aliphatic carbocycles. The van der Waals surface area contributed by atoms with Crippen molar-refractivity contribution in [3.05, 3.63) is 98.3 Å². The van der Waals surface area contributed by atoms with Crippen molar-refractivity contribution in [3.63, 3.8) is 0 Å². The van der Waals surface area contributed by atoms with Gasteiger partial charge in [0.15, 0.2) is 0 Å². The third kappa shape index (κ3) is 3.94. The molecule has 1 atom stereocenters. The highest BCUT2D eigenvalue weighted by molar-refractivity contribution is 5.80. The molecule has 0 aliphatic heterocycles. The second-order valence-electron chi connectivity index (χ2n) is 7.02. The Morgan fingerprint density at radius 1 is 1.10 bits per heavy atom. The summed E-state index contributed by atoms with van der Waals surface area (Å²) in [4.78, 5) is 32.2. The van der Waals surface area contributed by atoms with E-state index in [4.69, 9.17) is 0 Å². The Morgan fingerprint density at radius 3 is 2.66 bits per heavy atom. The molecule has 7 heteroatoms. The maximum absolute atomic E-state index is 12.8. The van der Waals surface area contributed by atoms with Gasteiger partial charge in [-0.1, -0.05) is 48.0 Å². The van der Waals surface area contributed by atoms with Crippen molar-refractivity contribution < 1.29 is 0 Å². The molecule has 0 spiro atoms. The smallest absolute Gasteiger partial charge is 0.275 e. The predicted molar refractivity (Wildman–Crippen MR) is 113 cm³/mol. The fourth-order valence-corrected chi connectivity index (χ4v) is 3.17. The monoisotopic (exact) mass is 387 g/mol. The number of H-pyrrole nitrogens is 1. The lowest BCUT2D eigenvalue weighted by atomic mass is 10.1. The third-order valence-electron chi connectivity index (χ3n) is 4.86. The first-order valence-electron chi connectivity index (χ1n) is 9.38. The van der Waals surface area contributed by atoms with Crippen LogP contribution in [0.3, 0.4) is 0 Å². The number of anilines is 1. The summed E-state index contributed by atoms with van der Waals surface area (Å²) in [5, 5.41) is 8.77. The van der Waals surface area contributed by atoms with Crippen molar-refractivity contribution in [2.24, 2.45) is 0 Å². The van der Waals surface area contributed by atoms with Gasteiger partial charge in [0.25, 0.3) is 11.1 Å². The van der Waals surface area contributed by atoms with E-state index in [0.717, 1.165) is 10.9 Å². The molecule has 2 N–H and O–H groups in total. The topological polar surface area (TPSA) is 92.7 Å². The zero-order valence-electron chi connectivity index (χ0n) is 16.2. The maximum atomic E-state index is 12.8. The van der Waals surface area contributed by atoms with Crippen LogP contribution in [0, 0.1) is 6.92 Å². The van der Waals surface area contributed by atoms with Crippen LogP contribution in [0.25, 0.3) is 10.8 Å². The highest BCUT2D eigenvalue weighted by Gasteiger charge is 2.15. The van der Waals surface area contributed by atoms with Crippen molar-refractivity contribution >= 4 is 16.7 Å². The Morgan fingerprint density at radius 2 is 1.86 bits per heavy atom. The van der Waals surface area contributed by atoms with Crippen LogP contribution >= 0.6 is 0 Å². The van der Waals surface area contributed by atoms with Crippen LogP contribution in [0.1, 0.15) is 29.8 Å². The molecule has 7 nitrogen and oxygen atoms in total. The van der Waals surface area contributed by atoms with Gasteiger partial charge in [0.2, 0.25) is 5.95 Å². The van der Waals surface area contributed by atoms with E-state index in [-0.39, 0.29) is 11.1 Å². The van der Waals surface area contributed by atoms with E-state index < -0.39 is 6.04 Å². The Labute approximate surface area is 167 Å². The molecule has 0 saturated carbocycles. The van der Waals surface area contributed by atoms with Crippen LogP contribution < -0.4 is 16.4 Å². The zero-order chi connectivity index (χ0) is 20.4. The van der Waals surface area contributed by atoms with Crippen molar-refractivity contribution in [3.8, 4) is 0 Å². The molecule has 0 amide bonds. The average molecular weight is 387 g/mol. The summed E-state index contributed by atoms with van der Waals surface area (Å²) < 4.78 is 1.36. The molecule has 1 unspecified atom stereocenters. The standard InChI is InChI=1S/C22H21N5O2/c1-14-7-9-16(10-8-14)12-23-22-25-19(11-20(28)26-22)15(2)27-21(29)18-6-4-3-5-17(18)13-24-27/h3-11,13,15H,12H2,1-2H3,(H2,23,25,26,28). The number of benzene rings is 2. The van der Waals surface area contributed by atoms with Gasteiger partial charge >= 0.3 is 0 Å². The van der Waals surface area contributed by atoms with Crippen LogP contribution in [0.4, 0.5) is 5.95 Å². The number of aryl methyl sites for hydroxylation is 1. The highest BCUT2D eigenvalue weighted by atomic mass is 16.1. The molecule has 4 aromatic rings. The van der Waals surface area contributed by atoms with Crippen molar-refractivity contribution in [1.29, 1.82) is 0 Å². The van der Waals surface area contributed by atoms with Crippen LogP contribution in [0.2, 0.25) is 0 Å². The van der Waals surface area contributed by atoms with Gasteiger partial charge in [0.1, 0.15) is 0 Å². The molecule has 4 rings (SSSR count). The minimum atomic E-state index is -0.491. The number of hydrogen-bond acceptors (Lipinski definition) is 5. The molecular weight excluding hydrogens is 366 g/mol. The molecular formula is C22H21N5O2. The van der Waals surface area contributed by atoms with Crippen LogP contribution in [-0.4, -0.2) is 19.7 Å². The third-order valence-corrected chi connectivity index (χ3v) is 4.86. The van der Waals surface area contributed by atoms with Gasteiger partial charge in [-0.05, 0) is 25.5 Å². The first-order valence-corrected chi connectivity index (χ1v) is 9.38. The zero-order valence-corrected chi connectivity index (χ0v) is 16.2. The summed E-state index contributed by atoms with van der Waals surface area (Å²) in [5.41, 5.74) is 2.22. The summed E-state index contributed by atoms with van der Waals surface area (Å²) in [5.74, 6) is 0.355. The minimum Gasteiger partial charge on any atom is -0.352 e. The summed E-state index contributed by atoms with van der Waals surface area (Å²) in [7, 11) is 0. The highest BCUT2D eigenvalue weighted by Crippen LogP contribution is 2.15. The summed E-state index contributed by atoms with van der Waals surface area (Å²) in [6, 6.07) is 16.3. The largest absolute Gasteiger partial charge is 0.352 e. The fourth-order valence-electron chi connectivity index (χ4n) is 3.17. The van der Waals surface area contributed by atoms with Gasteiger partial charge in [0, 0.05) is 18.0 Å². The molecule has 2 aromatic heterocycles. The molecule has 0 saturated heterocycles. The molecule has 0 aliphatic rings. The van der Waals surface area contributed by atoms with E-state index >= 15 is 0 Å². The maximum Gasteiger partial charge on any atom is 0.275 e. The molecule has 146 valence electrons. The van der Waals surface area contributed by atoms with E-state index in [0.29, 0.717) is 23.6 Å². The number of nitrogens with one attached hydrogen (secondary N) is 2. The molecule has 29 heavy (non-hydrogen) atoms. The van der Waals surface area contributed by atoms with Crippen LogP contribution in [0.5, 0.6) is 0 Å². The van der Waals surface area contributed by atoms with Gasteiger partial charge in [-0.2, -0.15) is 5.10 Å². The first kappa shape index (κ1) is 18.6. The number of fused-ring (bicyclic) bond motifs is 1. The van der Waals surface area contributed by atoms with E-state index in [1.807, 2.05) is 49.4 Å². The average Bonchev–Trinajstić information content (AvgIpc) is 2.73. The van der Waals surface area contributed by atoms with Crippen molar-refractivity contribution in [2.45, 2.75) is 26.4 Å². The number of hydrogen-bond donors (Lipinski definition) is 2. The molecule has 2 heterocycles.